The van der Waals surface area contributed by atoms with E-state index in [-0.39, 0.29) is 6.10 Å². The Labute approximate surface area is 125 Å². The first kappa shape index (κ1) is 14.1. The quantitative estimate of drug-likeness (QED) is 0.907. The zero-order chi connectivity index (χ0) is 14.8. The van der Waals surface area contributed by atoms with E-state index in [4.69, 9.17) is 4.74 Å². The van der Waals surface area contributed by atoms with Crippen molar-refractivity contribution >= 4 is 0 Å². The van der Waals surface area contributed by atoms with Gasteiger partial charge in [-0.25, -0.2) is 0 Å². The monoisotopic (exact) mass is 283 g/mol. The maximum Gasteiger partial charge on any atom is 0.138 e. The molecule has 0 saturated heterocycles. The van der Waals surface area contributed by atoms with Crippen molar-refractivity contribution in [3.8, 4) is 5.75 Å². The molecule has 1 N–H and O–H groups in total. The van der Waals surface area contributed by atoms with Crippen molar-refractivity contribution in [3.63, 3.8) is 0 Å². The molecule has 1 unspecified atom stereocenters. The van der Waals surface area contributed by atoms with E-state index in [2.05, 4.69) is 11.1 Å². The predicted molar refractivity (Wildman–Crippen MR) is 82.5 cm³/mol. The Hall–Kier alpha value is -1.87. The number of aliphatic hydroxyl groups excluding tert-OH is 1. The van der Waals surface area contributed by atoms with Crippen LogP contribution in [0.3, 0.4) is 0 Å². The predicted octanol–water partition coefficient (Wildman–Crippen LogP) is 3.83. The molecule has 3 nitrogen and oxygen atoms in total. The fourth-order valence-corrected chi connectivity index (χ4v) is 2.63. The van der Waals surface area contributed by atoms with E-state index in [1.165, 1.54) is 18.4 Å². The van der Waals surface area contributed by atoms with Crippen molar-refractivity contribution in [2.45, 2.75) is 44.8 Å². The molecule has 3 rings (SSSR count). The van der Waals surface area contributed by atoms with Gasteiger partial charge in [-0.15, -0.1) is 0 Å². The number of aromatic nitrogens is 1. The van der Waals surface area contributed by atoms with Gasteiger partial charge in [-0.1, -0.05) is 24.3 Å². The van der Waals surface area contributed by atoms with E-state index in [0.29, 0.717) is 11.7 Å². The number of aliphatic hydroxyl groups is 1. The summed E-state index contributed by atoms with van der Waals surface area (Å²) in [5.74, 6) is 1.31. The molecule has 110 valence electrons. The second-order valence-corrected chi connectivity index (χ2v) is 5.93. The number of pyridine rings is 1. The third-order valence-corrected chi connectivity index (χ3v) is 3.73. The minimum absolute atomic E-state index is 0.0953. The second kappa shape index (κ2) is 5.86. The molecule has 21 heavy (non-hydrogen) atoms. The van der Waals surface area contributed by atoms with Gasteiger partial charge in [0.05, 0.1) is 12.3 Å². The normalized spacial score (nSPS) is 16.0. The molecule has 1 fully saturated rings. The molecule has 3 heteroatoms. The topological polar surface area (TPSA) is 42.4 Å². The van der Waals surface area contributed by atoms with Gasteiger partial charge in [0.2, 0.25) is 0 Å². The fraction of sp³-hybridized carbons (Fsp3) is 0.389. The molecule has 1 saturated carbocycles. The summed E-state index contributed by atoms with van der Waals surface area (Å²) in [4.78, 5) is 4.19. The van der Waals surface area contributed by atoms with Crippen LogP contribution in [0, 0.1) is 0 Å². The van der Waals surface area contributed by atoms with Crippen LogP contribution in [-0.4, -0.2) is 16.2 Å². The Bertz CT molecular complexity index is 620. The van der Waals surface area contributed by atoms with Crippen molar-refractivity contribution < 1.29 is 9.84 Å². The zero-order valence-corrected chi connectivity index (χ0v) is 12.5. The molecule has 0 radical (unpaired) electrons. The van der Waals surface area contributed by atoms with Crippen LogP contribution in [0.2, 0.25) is 0 Å². The minimum atomic E-state index is -0.648. The molecule has 1 aromatic carbocycles. The number of benzene rings is 1. The second-order valence-electron chi connectivity index (χ2n) is 5.93. The van der Waals surface area contributed by atoms with Crippen molar-refractivity contribution in [1.29, 1.82) is 0 Å². The van der Waals surface area contributed by atoms with E-state index < -0.39 is 6.10 Å². The molecule has 0 amide bonds. The zero-order valence-electron chi connectivity index (χ0n) is 12.5. The molecule has 0 spiro atoms. The fourth-order valence-electron chi connectivity index (χ4n) is 2.63. The Morgan fingerprint density at radius 1 is 1.19 bits per heavy atom. The molecule has 1 atom stereocenters. The molecule has 0 aliphatic heterocycles. The highest BCUT2D eigenvalue weighted by Gasteiger charge is 2.28. The van der Waals surface area contributed by atoms with Crippen LogP contribution in [0.15, 0.2) is 42.7 Å². The highest BCUT2D eigenvalue weighted by Crippen LogP contribution is 2.43. The summed E-state index contributed by atoms with van der Waals surface area (Å²) >= 11 is 0. The van der Waals surface area contributed by atoms with Gasteiger partial charge in [0.25, 0.3) is 0 Å². The maximum atomic E-state index is 10.7. The third-order valence-electron chi connectivity index (χ3n) is 3.73. The first-order chi connectivity index (χ1) is 10.1. The molecule has 1 aliphatic carbocycles. The van der Waals surface area contributed by atoms with Crippen LogP contribution in [0.25, 0.3) is 0 Å². The van der Waals surface area contributed by atoms with Crippen molar-refractivity contribution in [1.82, 2.24) is 4.98 Å². The van der Waals surface area contributed by atoms with Gasteiger partial charge in [0.1, 0.15) is 11.9 Å². The number of nitrogens with zero attached hydrogens (tertiary/aromatic N) is 1. The summed E-state index contributed by atoms with van der Waals surface area (Å²) in [6, 6.07) is 10.0. The number of rotatable bonds is 5. The first-order valence-corrected chi connectivity index (χ1v) is 7.53. The Morgan fingerprint density at radius 2 is 1.95 bits per heavy atom. The average Bonchev–Trinajstić information content (AvgIpc) is 3.31. The smallest absolute Gasteiger partial charge is 0.138 e. The van der Waals surface area contributed by atoms with Crippen LogP contribution < -0.4 is 4.74 Å². The lowest BCUT2D eigenvalue weighted by atomic mass is 9.95. The van der Waals surface area contributed by atoms with Crippen molar-refractivity contribution in [3.05, 3.63) is 59.4 Å². The van der Waals surface area contributed by atoms with E-state index >= 15 is 0 Å². The molecule has 1 aromatic heterocycles. The lowest BCUT2D eigenvalue weighted by Gasteiger charge is -2.17. The molecule has 1 heterocycles. The summed E-state index contributed by atoms with van der Waals surface area (Å²) < 4.78 is 5.66. The first-order valence-electron chi connectivity index (χ1n) is 7.53. The van der Waals surface area contributed by atoms with Crippen LogP contribution in [-0.2, 0) is 0 Å². The number of ether oxygens (including phenoxy) is 1. The van der Waals surface area contributed by atoms with Crippen molar-refractivity contribution in [2.75, 3.05) is 0 Å². The largest absolute Gasteiger partial charge is 0.489 e. The Balaban J connectivity index is 1.89. The standard InChI is InChI=1S/C18H21NO2/c1-12(2)21-15-9-14(10-19-11-15)18(20)17-6-4-3-5-16(17)13-7-8-13/h3-6,9-13,18,20H,7-8H2,1-2H3. The van der Waals surface area contributed by atoms with Gasteiger partial charge in [-0.05, 0) is 49.8 Å². The van der Waals surface area contributed by atoms with Gasteiger partial charge in [0.15, 0.2) is 0 Å². The minimum Gasteiger partial charge on any atom is -0.489 e. The van der Waals surface area contributed by atoms with E-state index in [0.717, 1.165) is 11.1 Å². The SMILES string of the molecule is CC(C)Oc1cncc(C(O)c2ccccc2C2CC2)c1. The summed E-state index contributed by atoms with van der Waals surface area (Å²) in [7, 11) is 0. The maximum absolute atomic E-state index is 10.7. The third kappa shape index (κ3) is 3.24. The Kier molecular flexibility index (Phi) is 3.93. The van der Waals surface area contributed by atoms with Gasteiger partial charge in [0, 0.05) is 11.8 Å². The van der Waals surface area contributed by atoms with E-state index in [9.17, 15) is 5.11 Å². The lowest BCUT2D eigenvalue weighted by Crippen LogP contribution is -2.08. The molecule has 1 aliphatic rings. The highest BCUT2D eigenvalue weighted by atomic mass is 16.5. The summed E-state index contributed by atoms with van der Waals surface area (Å²) in [6.07, 6.45) is 5.28. The summed E-state index contributed by atoms with van der Waals surface area (Å²) in [5.41, 5.74) is 3.03. The van der Waals surface area contributed by atoms with Crippen molar-refractivity contribution in [2.24, 2.45) is 0 Å². The molecule has 2 aromatic rings. The van der Waals surface area contributed by atoms with Crippen LogP contribution in [0.5, 0.6) is 5.75 Å². The summed E-state index contributed by atoms with van der Waals surface area (Å²) in [6.45, 7) is 3.96. The lowest BCUT2D eigenvalue weighted by molar-refractivity contribution is 0.214. The van der Waals surface area contributed by atoms with Gasteiger partial charge in [-0.2, -0.15) is 0 Å². The highest BCUT2D eigenvalue weighted by molar-refractivity contribution is 5.40. The van der Waals surface area contributed by atoms with Crippen LogP contribution >= 0.6 is 0 Å². The summed E-state index contributed by atoms with van der Waals surface area (Å²) in [5, 5.41) is 10.7. The van der Waals surface area contributed by atoms with E-state index in [1.54, 1.807) is 12.4 Å². The van der Waals surface area contributed by atoms with Crippen LogP contribution in [0.4, 0.5) is 0 Å². The number of hydrogen-bond donors (Lipinski definition) is 1. The Morgan fingerprint density at radius 3 is 2.67 bits per heavy atom. The molecular weight excluding hydrogens is 262 g/mol. The van der Waals surface area contributed by atoms with Gasteiger partial charge >= 0.3 is 0 Å². The van der Waals surface area contributed by atoms with Gasteiger partial charge in [-0.3, -0.25) is 4.98 Å². The van der Waals surface area contributed by atoms with E-state index in [1.807, 2.05) is 38.1 Å². The van der Waals surface area contributed by atoms with Gasteiger partial charge < -0.3 is 9.84 Å². The number of hydrogen-bond acceptors (Lipinski definition) is 3. The van der Waals surface area contributed by atoms with Crippen LogP contribution in [0.1, 0.15) is 55.4 Å². The molecular formula is C18H21NO2. The average molecular weight is 283 g/mol. The molecule has 0 bridgehead atoms.